The van der Waals surface area contributed by atoms with Gasteiger partial charge in [-0.25, -0.2) is 9.18 Å². The van der Waals surface area contributed by atoms with Crippen LogP contribution in [-0.4, -0.2) is 53.6 Å². The lowest BCUT2D eigenvalue weighted by Gasteiger charge is -2.28. The van der Waals surface area contributed by atoms with E-state index in [1.54, 1.807) is 31.7 Å². The molecule has 2 aliphatic heterocycles. The molecule has 2 aliphatic rings. The molecule has 1 aromatic carbocycles. The summed E-state index contributed by atoms with van der Waals surface area (Å²) >= 11 is 0. The van der Waals surface area contributed by atoms with Crippen LogP contribution in [0.15, 0.2) is 36.4 Å². The van der Waals surface area contributed by atoms with Gasteiger partial charge in [-0.05, 0) is 57.2 Å². The van der Waals surface area contributed by atoms with Gasteiger partial charge in [0.1, 0.15) is 11.8 Å². The molecule has 0 spiro atoms. The van der Waals surface area contributed by atoms with Gasteiger partial charge < -0.3 is 9.64 Å². The van der Waals surface area contributed by atoms with Gasteiger partial charge in [0.25, 0.3) is 5.91 Å². The first kappa shape index (κ1) is 24.0. The standard InChI is InChI=1S/C25H33FN2O4/c1-5-17(10-11-23(30)27-13-12-18-8-6-7-9-20(18)27)14-22(29)21-15-19(26)16-28(21)24(31)32-25(2,3)4/h6-11,17,19,21H,5,12-16H2,1-4H3/b11-10+/t17-,19-,21-/m0/s1. The third kappa shape index (κ3) is 5.75. The summed E-state index contributed by atoms with van der Waals surface area (Å²) in [6.07, 6.45) is 3.01. The Hall–Kier alpha value is -2.70. The predicted octanol–water partition coefficient (Wildman–Crippen LogP) is 4.46. The van der Waals surface area contributed by atoms with Gasteiger partial charge in [-0.1, -0.05) is 31.2 Å². The van der Waals surface area contributed by atoms with E-state index >= 15 is 0 Å². The second-order valence-electron chi connectivity index (χ2n) is 9.55. The molecule has 2 heterocycles. The molecule has 174 valence electrons. The molecular weight excluding hydrogens is 411 g/mol. The number of ether oxygens (including phenoxy) is 1. The van der Waals surface area contributed by atoms with Crippen molar-refractivity contribution in [3.63, 3.8) is 0 Å². The van der Waals surface area contributed by atoms with Crippen LogP contribution in [0.25, 0.3) is 0 Å². The van der Waals surface area contributed by atoms with E-state index in [0.29, 0.717) is 13.0 Å². The van der Waals surface area contributed by atoms with Crippen molar-refractivity contribution in [1.29, 1.82) is 0 Å². The molecule has 0 radical (unpaired) electrons. The van der Waals surface area contributed by atoms with Gasteiger partial charge in [0.05, 0.1) is 12.6 Å². The summed E-state index contributed by atoms with van der Waals surface area (Å²) in [7, 11) is 0. The summed E-state index contributed by atoms with van der Waals surface area (Å²) in [5.41, 5.74) is 1.36. The number of Topliss-reactive ketones (excluding diaryl/α,β-unsaturated/α-hetero) is 1. The molecular formula is C25H33FN2O4. The number of alkyl halides is 1. The summed E-state index contributed by atoms with van der Waals surface area (Å²) in [5, 5.41) is 0. The van der Waals surface area contributed by atoms with E-state index in [1.165, 1.54) is 11.0 Å². The fourth-order valence-corrected chi connectivity index (χ4v) is 4.23. The number of rotatable bonds is 6. The minimum atomic E-state index is -1.25. The van der Waals surface area contributed by atoms with E-state index in [4.69, 9.17) is 4.74 Å². The molecule has 1 aromatic rings. The Balaban J connectivity index is 1.62. The van der Waals surface area contributed by atoms with E-state index in [9.17, 15) is 18.8 Å². The van der Waals surface area contributed by atoms with Crippen molar-refractivity contribution in [3.8, 4) is 0 Å². The van der Waals surface area contributed by atoms with Crippen LogP contribution in [0.3, 0.4) is 0 Å². The molecule has 0 saturated carbocycles. The molecule has 0 aliphatic carbocycles. The number of halogens is 1. The van der Waals surface area contributed by atoms with Crippen molar-refractivity contribution in [2.45, 2.75) is 71.2 Å². The SMILES string of the molecule is CC[C@@H](/C=C/C(=O)N1CCc2ccccc21)CC(=O)[C@@H]1C[C@H](F)CN1C(=O)OC(C)(C)C. The molecule has 32 heavy (non-hydrogen) atoms. The fraction of sp³-hybridized carbons (Fsp3) is 0.560. The van der Waals surface area contributed by atoms with Gasteiger partial charge in [0, 0.05) is 25.1 Å². The summed E-state index contributed by atoms with van der Waals surface area (Å²) < 4.78 is 19.4. The maximum Gasteiger partial charge on any atom is 0.411 e. The number of likely N-dealkylation sites (tertiary alicyclic amines) is 1. The second-order valence-corrected chi connectivity index (χ2v) is 9.55. The van der Waals surface area contributed by atoms with Crippen molar-refractivity contribution in [2.24, 2.45) is 5.92 Å². The zero-order valence-corrected chi connectivity index (χ0v) is 19.3. The average molecular weight is 445 g/mol. The maximum atomic E-state index is 14.1. The Kier molecular flexibility index (Phi) is 7.36. The van der Waals surface area contributed by atoms with Crippen molar-refractivity contribution in [1.82, 2.24) is 4.90 Å². The van der Waals surface area contributed by atoms with E-state index < -0.39 is 23.9 Å². The minimum Gasteiger partial charge on any atom is -0.444 e. The number of fused-ring (bicyclic) bond motifs is 1. The Morgan fingerprint density at radius 1 is 1.25 bits per heavy atom. The van der Waals surface area contributed by atoms with Gasteiger partial charge in [-0.2, -0.15) is 0 Å². The number of para-hydroxylation sites is 1. The molecule has 3 atom stereocenters. The topological polar surface area (TPSA) is 66.9 Å². The van der Waals surface area contributed by atoms with Crippen molar-refractivity contribution in [3.05, 3.63) is 42.0 Å². The lowest BCUT2D eigenvalue weighted by molar-refractivity contribution is -0.124. The number of carbonyl (C=O) groups excluding carboxylic acids is 3. The van der Waals surface area contributed by atoms with Gasteiger partial charge in [-0.3, -0.25) is 14.5 Å². The number of carbonyl (C=O) groups is 3. The third-order valence-electron chi connectivity index (χ3n) is 5.90. The quantitative estimate of drug-likeness (QED) is 0.608. The number of hydrogen-bond acceptors (Lipinski definition) is 4. The first-order chi connectivity index (χ1) is 15.1. The van der Waals surface area contributed by atoms with Crippen molar-refractivity contribution in [2.75, 3.05) is 18.0 Å². The lowest BCUT2D eigenvalue weighted by atomic mass is 9.94. The fourth-order valence-electron chi connectivity index (χ4n) is 4.23. The summed E-state index contributed by atoms with van der Waals surface area (Å²) in [4.78, 5) is 41.1. The van der Waals surface area contributed by atoms with Crippen LogP contribution in [0, 0.1) is 5.92 Å². The number of benzene rings is 1. The molecule has 7 heteroatoms. The summed E-state index contributed by atoms with van der Waals surface area (Å²) in [6, 6.07) is 7.01. The molecule has 1 saturated heterocycles. The van der Waals surface area contributed by atoms with Crippen molar-refractivity contribution >= 4 is 23.5 Å². The summed E-state index contributed by atoms with van der Waals surface area (Å²) in [5.74, 6) is -0.476. The maximum absolute atomic E-state index is 14.1. The second kappa shape index (κ2) is 9.84. The third-order valence-corrected chi connectivity index (χ3v) is 5.90. The van der Waals surface area contributed by atoms with E-state index in [2.05, 4.69) is 0 Å². The molecule has 0 bridgehead atoms. The Labute approximate surface area is 189 Å². The molecule has 1 fully saturated rings. The highest BCUT2D eigenvalue weighted by Crippen LogP contribution is 2.29. The van der Waals surface area contributed by atoms with Gasteiger partial charge in [0.2, 0.25) is 0 Å². The average Bonchev–Trinajstić information content (AvgIpc) is 3.33. The predicted molar refractivity (Wildman–Crippen MR) is 121 cm³/mol. The normalized spacial score (nSPS) is 21.7. The van der Waals surface area contributed by atoms with Crippen LogP contribution >= 0.6 is 0 Å². The molecule has 0 aromatic heterocycles. The lowest BCUT2D eigenvalue weighted by Crippen LogP contribution is -2.43. The van der Waals surface area contributed by atoms with Crippen LogP contribution in [0.4, 0.5) is 14.9 Å². The highest BCUT2D eigenvalue weighted by molar-refractivity contribution is 6.03. The summed E-state index contributed by atoms with van der Waals surface area (Å²) in [6.45, 7) is 7.65. The molecule has 6 nitrogen and oxygen atoms in total. The van der Waals surface area contributed by atoms with E-state index in [1.807, 2.05) is 31.2 Å². The van der Waals surface area contributed by atoms with Gasteiger partial charge in [-0.15, -0.1) is 0 Å². The van der Waals surface area contributed by atoms with E-state index in [0.717, 1.165) is 17.7 Å². The monoisotopic (exact) mass is 444 g/mol. The zero-order chi connectivity index (χ0) is 23.5. The van der Waals surface area contributed by atoms with Crippen LogP contribution < -0.4 is 4.90 Å². The Bertz CT molecular complexity index is 892. The van der Waals surface area contributed by atoms with Crippen molar-refractivity contribution < 1.29 is 23.5 Å². The largest absolute Gasteiger partial charge is 0.444 e. The first-order valence-electron chi connectivity index (χ1n) is 11.3. The number of ketones is 1. The minimum absolute atomic E-state index is 0.0122. The molecule has 2 amide bonds. The van der Waals surface area contributed by atoms with Crippen LogP contribution in [-0.2, 0) is 20.7 Å². The highest BCUT2D eigenvalue weighted by atomic mass is 19.1. The number of allylic oxidation sites excluding steroid dienone is 1. The first-order valence-corrected chi connectivity index (χ1v) is 11.3. The van der Waals surface area contributed by atoms with E-state index in [-0.39, 0.29) is 37.0 Å². The molecule has 0 unspecified atom stereocenters. The smallest absolute Gasteiger partial charge is 0.411 e. The molecule has 3 rings (SSSR count). The number of hydrogen-bond donors (Lipinski definition) is 0. The number of nitrogens with zero attached hydrogens (tertiary/aromatic N) is 2. The number of anilines is 1. The zero-order valence-electron chi connectivity index (χ0n) is 19.3. The van der Waals surface area contributed by atoms with Gasteiger partial charge >= 0.3 is 6.09 Å². The van der Waals surface area contributed by atoms with Crippen LogP contribution in [0.5, 0.6) is 0 Å². The number of amides is 2. The molecule has 0 N–H and O–H groups in total. The van der Waals surface area contributed by atoms with Gasteiger partial charge in [0.15, 0.2) is 5.78 Å². The Morgan fingerprint density at radius 2 is 1.97 bits per heavy atom. The van der Waals surface area contributed by atoms with Crippen LogP contribution in [0.2, 0.25) is 0 Å². The van der Waals surface area contributed by atoms with Crippen LogP contribution in [0.1, 0.15) is 52.5 Å². The highest BCUT2D eigenvalue weighted by Gasteiger charge is 2.41. The Morgan fingerprint density at radius 3 is 2.66 bits per heavy atom.